The average Bonchev–Trinajstić information content (AvgIpc) is 3.98. The van der Waals surface area contributed by atoms with Gasteiger partial charge in [-0.15, -0.1) is 0 Å². The van der Waals surface area contributed by atoms with E-state index < -0.39 is 0 Å². The fourth-order valence-corrected chi connectivity index (χ4v) is 7.29. The van der Waals surface area contributed by atoms with E-state index in [1.807, 2.05) is 82.6 Å². The van der Waals surface area contributed by atoms with Gasteiger partial charge < -0.3 is 14.7 Å². The fraction of sp³-hybridized carbons (Fsp3) is 0.459. The minimum absolute atomic E-state index is 0.0525. The number of carbonyl (C=O) groups is 3. The van der Waals surface area contributed by atoms with E-state index in [1.165, 1.54) is 0 Å². The molecule has 1 saturated carbocycles. The van der Waals surface area contributed by atoms with Crippen molar-refractivity contribution in [2.75, 3.05) is 52.4 Å². The van der Waals surface area contributed by atoms with Gasteiger partial charge in [0.15, 0.2) is 0 Å². The maximum atomic E-state index is 13.8. The van der Waals surface area contributed by atoms with Crippen molar-refractivity contribution in [1.82, 2.24) is 24.6 Å². The molecule has 0 bridgehead atoms. The third-order valence-electron chi connectivity index (χ3n) is 10.2. The molecule has 3 aromatic rings. The van der Waals surface area contributed by atoms with E-state index in [2.05, 4.69) is 9.80 Å². The fourth-order valence-electron chi connectivity index (χ4n) is 7.29. The highest BCUT2D eigenvalue weighted by atomic mass is 16.2. The van der Waals surface area contributed by atoms with Crippen LogP contribution in [0.15, 0.2) is 72.8 Å². The van der Waals surface area contributed by atoms with Crippen LogP contribution in [0.4, 0.5) is 0 Å². The minimum Gasteiger partial charge on any atom is -0.342 e. The van der Waals surface area contributed by atoms with Gasteiger partial charge in [0, 0.05) is 86.9 Å². The normalized spacial score (nSPS) is 20.3. The molecule has 8 heteroatoms. The van der Waals surface area contributed by atoms with E-state index in [1.54, 1.807) is 0 Å². The van der Waals surface area contributed by atoms with Gasteiger partial charge in [-0.2, -0.15) is 0 Å². The Morgan fingerprint density at radius 1 is 0.533 bits per heavy atom. The van der Waals surface area contributed by atoms with Crippen LogP contribution in [-0.4, -0.2) is 101 Å². The Kier molecular flexibility index (Phi) is 8.66. The lowest BCUT2D eigenvalue weighted by atomic mass is 9.93. The van der Waals surface area contributed by atoms with Gasteiger partial charge in [-0.3, -0.25) is 19.3 Å². The molecule has 1 aliphatic carbocycles. The Labute approximate surface area is 266 Å². The first-order chi connectivity index (χ1) is 22.0. The molecule has 1 aromatic heterocycles. The maximum Gasteiger partial charge on any atom is 0.254 e. The van der Waals surface area contributed by atoms with E-state index >= 15 is 0 Å². The molecule has 4 heterocycles. The van der Waals surface area contributed by atoms with Gasteiger partial charge in [-0.1, -0.05) is 60.7 Å². The number of nitrogens with zero attached hydrogens (tertiary/aromatic N) is 5. The van der Waals surface area contributed by atoms with Gasteiger partial charge >= 0.3 is 0 Å². The molecule has 7 rings (SSSR count). The van der Waals surface area contributed by atoms with Crippen molar-refractivity contribution in [2.45, 2.75) is 44.6 Å². The zero-order valence-electron chi connectivity index (χ0n) is 26.0. The maximum absolute atomic E-state index is 13.8. The Morgan fingerprint density at radius 2 is 1.00 bits per heavy atom. The summed E-state index contributed by atoms with van der Waals surface area (Å²) in [5.41, 5.74) is 4.27. The second-order valence-electron chi connectivity index (χ2n) is 13.1. The lowest BCUT2D eigenvalue weighted by molar-refractivity contribution is -0.142. The summed E-state index contributed by atoms with van der Waals surface area (Å²) in [6.07, 6.45) is 5.62. The molecule has 0 N–H and O–H groups in total. The number of amides is 3. The van der Waals surface area contributed by atoms with Crippen LogP contribution in [0.25, 0.3) is 22.5 Å². The first-order valence-electron chi connectivity index (χ1n) is 16.8. The standard InChI is InChI=1S/C37H43N5O3/c43-35(29-11-12-29)40-17-13-30(14-18-40)36(44)41-19-15-32(16-20-41)39-21-23-42(24-22-39)37(45)31-25-33(27-7-3-1-4-8-27)38-34(26-31)28-9-5-2-6-10-28/h1-10,25-26,29-30,32H,11-24H2. The molecule has 3 aliphatic heterocycles. The number of pyridine rings is 1. The van der Waals surface area contributed by atoms with E-state index in [0.717, 1.165) is 100 Å². The number of rotatable bonds is 6. The molecule has 3 amide bonds. The first-order valence-corrected chi connectivity index (χ1v) is 16.8. The number of benzene rings is 2. The number of carbonyl (C=O) groups excluding carboxylic acids is 3. The number of hydrogen-bond donors (Lipinski definition) is 0. The largest absolute Gasteiger partial charge is 0.342 e. The predicted octanol–water partition coefficient (Wildman–Crippen LogP) is 4.81. The number of piperidine rings is 2. The highest BCUT2D eigenvalue weighted by molar-refractivity contribution is 5.96. The topological polar surface area (TPSA) is 77.1 Å². The molecule has 0 radical (unpaired) electrons. The summed E-state index contributed by atoms with van der Waals surface area (Å²) in [7, 11) is 0. The van der Waals surface area contributed by atoms with Gasteiger partial charge in [0.25, 0.3) is 5.91 Å². The summed E-state index contributed by atoms with van der Waals surface area (Å²) >= 11 is 0. The molecule has 0 spiro atoms. The zero-order valence-corrected chi connectivity index (χ0v) is 26.0. The smallest absolute Gasteiger partial charge is 0.254 e. The summed E-state index contributed by atoms with van der Waals surface area (Å²) in [5.74, 6) is 0.948. The van der Waals surface area contributed by atoms with Crippen LogP contribution >= 0.6 is 0 Å². The van der Waals surface area contributed by atoms with Crippen LogP contribution in [0.1, 0.15) is 48.9 Å². The van der Waals surface area contributed by atoms with Crippen LogP contribution in [0.2, 0.25) is 0 Å². The Hall–Kier alpha value is -4.04. The SMILES string of the molecule is O=C(c1cc(-c2ccccc2)nc(-c2ccccc2)c1)N1CCN(C2CCN(C(=O)C3CCN(C(=O)C4CC4)CC3)CC2)CC1. The van der Waals surface area contributed by atoms with Crippen LogP contribution in [0.5, 0.6) is 0 Å². The average molecular weight is 606 g/mol. The highest BCUT2D eigenvalue weighted by Crippen LogP contribution is 2.33. The molecule has 0 atom stereocenters. The zero-order chi connectivity index (χ0) is 30.8. The quantitative estimate of drug-likeness (QED) is 0.403. The lowest BCUT2D eigenvalue weighted by Gasteiger charge is -2.43. The molecule has 4 aliphatic rings. The molecular weight excluding hydrogens is 562 g/mol. The van der Waals surface area contributed by atoms with E-state index in [9.17, 15) is 14.4 Å². The van der Waals surface area contributed by atoms with Crippen LogP contribution in [-0.2, 0) is 9.59 Å². The number of aromatic nitrogens is 1. The highest BCUT2D eigenvalue weighted by Gasteiger charge is 2.38. The second kappa shape index (κ2) is 13.1. The summed E-state index contributed by atoms with van der Waals surface area (Å²) < 4.78 is 0. The molecule has 8 nitrogen and oxygen atoms in total. The third kappa shape index (κ3) is 6.66. The van der Waals surface area contributed by atoms with Crippen molar-refractivity contribution in [3.8, 4) is 22.5 Å². The van der Waals surface area contributed by atoms with Crippen molar-refractivity contribution >= 4 is 17.7 Å². The van der Waals surface area contributed by atoms with Gasteiger partial charge in [0.05, 0.1) is 11.4 Å². The van der Waals surface area contributed by atoms with Crippen molar-refractivity contribution < 1.29 is 14.4 Å². The number of hydrogen-bond acceptors (Lipinski definition) is 5. The molecular formula is C37H43N5O3. The minimum atomic E-state index is 0.0525. The van der Waals surface area contributed by atoms with E-state index in [4.69, 9.17) is 4.98 Å². The lowest BCUT2D eigenvalue weighted by Crippen LogP contribution is -2.55. The number of likely N-dealkylation sites (tertiary alicyclic amines) is 2. The van der Waals surface area contributed by atoms with Gasteiger partial charge in [-0.05, 0) is 50.7 Å². The molecule has 45 heavy (non-hydrogen) atoms. The molecule has 0 unspecified atom stereocenters. The third-order valence-corrected chi connectivity index (χ3v) is 10.2. The molecule has 3 saturated heterocycles. The van der Waals surface area contributed by atoms with Crippen molar-refractivity contribution in [3.05, 3.63) is 78.4 Å². The summed E-state index contributed by atoms with van der Waals surface area (Å²) in [6, 6.07) is 24.4. The summed E-state index contributed by atoms with van der Waals surface area (Å²) in [6.45, 7) is 6.13. The monoisotopic (exact) mass is 605 g/mol. The second-order valence-corrected chi connectivity index (χ2v) is 13.1. The van der Waals surface area contributed by atoms with Crippen molar-refractivity contribution in [2.24, 2.45) is 11.8 Å². The Morgan fingerprint density at radius 3 is 1.49 bits per heavy atom. The molecule has 4 fully saturated rings. The first kappa shape index (κ1) is 29.7. The van der Waals surface area contributed by atoms with Gasteiger partial charge in [0.1, 0.15) is 0 Å². The molecule has 234 valence electrons. The van der Waals surface area contributed by atoms with Crippen LogP contribution in [0, 0.1) is 11.8 Å². The van der Waals surface area contributed by atoms with Gasteiger partial charge in [0.2, 0.25) is 11.8 Å². The summed E-state index contributed by atoms with van der Waals surface area (Å²) in [5, 5.41) is 0. The Bertz CT molecular complexity index is 1440. The summed E-state index contributed by atoms with van der Waals surface area (Å²) in [4.78, 5) is 53.0. The van der Waals surface area contributed by atoms with Gasteiger partial charge in [-0.25, -0.2) is 4.98 Å². The van der Waals surface area contributed by atoms with E-state index in [-0.39, 0.29) is 23.7 Å². The van der Waals surface area contributed by atoms with Crippen LogP contribution in [0.3, 0.4) is 0 Å². The van der Waals surface area contributed by atoms with Crippen molar-refractivity contribution in [1.29, 1.82) is 0 Å². The molecule has 2 aromatic carbocycles. The van der Waals surface area contributed by atoms with E-state index in [0.29, 0.717) is 30.6 Å². The Balaban J connectivity index is 0.931. The predicted molar refractivity (Wildman–Crippen MR) is 174 cm³/mol. The van der Waals surface area contributed by atoms with Crippen molar-refractivity contribution in [3.63, 3.8) is 0 Å². The van der Waals surface area contributed by atoms with Crippen LogP contribution < -0.4 is 0 Å². The number of piperazine rings is 1.